The summed E-state index contributed by atoms with van der Waals surface area (Å²) in [6, 6.07) is 12.3. The number of methoxy groups -OCH3 is 2. The lowest BCUT2D eigenvalue weighted by molar-refractivity contribution is 0.354. The molecule has 0 aromatic heterocycles. The second-order valence-electron chi connectivity index (χ2n) is 6.17. The van der Waals surface area contributed by atoms with E-state index in [0.29, 0.717) is 39.4 Å². The van der Waals surface area contributed by atoms with Crippen molar-refractivity contribution in [3.8, 4) is 17.6 Å². The summed E-state index contributed by atoms with van der Waals surface area (Å²) in [5.74, 6) is 1.26. The number of aliphatic imine (C=N–C) groups is 2. The second-order valence-corrected chi connectivity index (χ2v) is 7.01. The zero-order valence-corrected chi connectivity index (χ0v) is 16.8. The smallest absolute Gasteiger partial charge is 0.161 e. The Morgan fingerprint density at radius 3 is 2.50 bits per heavy atom. The van der Waals surface area contributed by atoms with E-state index in [1.54, 1.807) is 32.4 Å². The van der Waals surface area contributed by atoms with Crippen LogP contribution in [0.4, 0.5) is 0 Å². The fourth-order valence-corrected chi connectivity index (χ4v) is 3.55. The van der Waals surface area contributed by atoms with Gasteiger partial charge in [0.1, 0.15) is 23.6 Å². The summed E-state index contributed by atoms with van der Waals surface area (Å²) in [5.41, 5.74) is 7.68. The molecule has 2 N–H and O–H groups in total. The van der Waals surface area contributed by atoms with Crippen LogP contribution in [0.5, 0.6) is 11.5 Å². The van der Waals surface area contributed by atoms with Gasteiger partial charge in [0.15, 0.2) is 11.5 Å². The van der Waals surface area contributed by atoms with Gasteiger partial charge in [-0.05, 0) is 35.4 Å². The Hall–Kier alpha value is -2.75. The molecule has 8 heteroatoms. The number of hydrogen-bond acceptors (Lipinski definition) is 6. The Morgan fingerprint density at radius 1 is 1.11 bits per heavy atom. The fourth-order valence-electron chi connectivity index (χ4n) is 3.03. The van der Waals surface area contributed by atoms with E-state index in [4.69, 9.17) is 38.4 Å². The number of amidine groups is 2. The SMILES string of the molecule is COc1ccc(CC2=N[C@H](c3ccc(Cl)cc3Cl)[C@@H](C#N)C(N)=N2)cc1OC. The molecule has 0 amide bonds. The highest BCUT2D eigenvalue weighted by Crippen LogP contribution is 2.36. The summed E-state index contributed by atoms with van der Waals surface area (Å²) >= 11 is 12.3. The van der Waals surface area contributed by atoms with Crippen LogP contribution in [-0.2, 0) is 6.42 Å². The van der Waals surface area contributed by atoms with E-state index < -0.39 is 12.0 Å². The van der Waals surface area contributed by atoms with Crippen molar-refractivity contribution in [1.29, 1.82) is 5.26 Å². The Morgan fingerprint density at radius 2 is 1.86 bits per heavy atom. The van der Waals surface area contributed by atoms with Gasteiger partial charge in [-0.2, -0.15) is 5.26 Å². The van der Waals surface area contributed by atoms with Crippen molar-refractivity contribution in [3.63, 3.8) is 0 Å². The third-order valence-electron chi connectivity index (χ3n) is 4.41. The molecule has 0 spiro atoms. The minimum Gasteiger partial charge on any atom is -0.493 e. The van der Waals surface area contributed by atoms with Gasteiger partial charge in [0.05, 0.1) is 20.3 Å². The van der Waals surface area contributed by atoms with Gasteiger partial charge in [-0.25, -0.2) is 4.99 Å². The zero-order valence-electron chi connectivity index (χ0n) is 15.3. The van der Waals surface area contributed by atoms with Crippen LogP contribution in [-0.4, -0.2) is 25.9 Å². The van der Waals surface area contributed by atoms with E-state index in [1.807, 2.05) is 18.2 Å². The normalized spacial score (nSPS) is 18.7. The molecule has 0 bridgehead atoms. The summed E-state index contributed by atoms with van der Waals surface area (Å²) in [5, 5.41) is 10.5. The van der Waals surface area contributed by atoms with Crippen molar-refractivity contribution in [2.75, 3.05) is 14.2 Å². The van der Waals surface area contributed by atoms with Crippen molar-refractivity contribution < 1.29 is 9.47 Å². The van der Waals surface area contributed by atoms with Crippen LogP contribution >= 0.6 is 23.2 Å². The number of rotatable bonds is 5. The van der Waals surface area contributed by atoms with Crippen molar-refractivity contribution in [2.45, 2.75) is 12.5 Å². The van der Waals surface area contributed by atoms with E-state index in [2.05, 4.69) is 16.1 Å². The topological polar surface area (TPSA) is 93.0 Å². The maximum Gasteiger partial charge on any atom is 0.161 e. The molecule has 0 unspecified atom stereocenters. The molecular weight excluding hydrogens is 399 g/mol. The monoisotopic (exact) mass is 416 g/mol. The Kier molecular flexibility index (Phi) is 6.08. The van der Waals surface area contributed by atoms with Gasteiger partial charge in [-0.3, -0.25) is 4.99 Å². The summed E-state index contributed by atoms with van der Waals surface area (Å²) in [6.45, 7) is 0. The van der Waals surface area contributed by atoms with Gasteiger partial charge >= 0.3 is 0 Å². The zero-order chi connectivity index (χ0) is 20.3. The Bertz CT molecular complexity index is 998. The van der Waals surface area contributed by atoms with Crippen LogP contribution in [0.2, 0.25) is 10.0 Å². The van der Waals surface area contributed by atoms with Crippen molar-refractivity contribution >= 4 is 34.9 Å². The largest absolute Gasteiger partial charge is 0.493 e. The fraction of sp³-hybridized carbons (Fsp3) is 0.250. The van der Waals surface area contributed by atoms with E-state index in [9.17, 15) is 5.26 Å². The van der Waals surface area contributed by atoms with Crippen LogP contribution in [0.1, 0.15) is 17.2 Å². The second kappa shape index (κ2) is 8.51. The molecule has 1 heterocycles. The number of halogens is 2. The molecule has 0 saturated carbocycles. The minimum absolute atomic E-state index is 0.212. The van der Waals surface area contributed by atoms with Crippen LogP contribution in [0.25, 0.3) is 0 Å². The molecule has 0 aliphatic carbocycles. The molecule has 6 nitrogen and oxygen atoms in total. The Balaban J connectivity index is 1.97. The number of benzene rings is 2. The van der Waals surface area contributed by atoms with Gasteiger partial charge in [-0.1, -0.05) is 35.3 Å². The first-order valence-corrected chi connectivity index (χ1v) is 9.18. The quantitative estimate of drug-likeness (QED) is 0.789. The standard InChI is InChI=1S/C20H18Cl2N4O2/c1-27-16-6-3-11(7-17(16)28-2)8-18-25-19(14(10-23)20(24)26-18)13-5-4-12(21)9-15(13)22/h3-7,9,14,19H,8H2,1-2H3,(H2,24,25,26)/t14-,19-/m1/s1. The molecule has 1 aliphatic heterocycles. The van der Waals surface area contributed by atoms with E-state index in [-0.39, 0.29) is 5.84 Å². The lowest BCUT2D eigenvalue weighted by Crippen LogP contribution is -2.32. The van der Waals surface area contributed by atoms with E-state index in [1.165, 1.54) is 0 Å². The molecule has 2 aromatic carbocycles. The lowest BCUT2D eigenvalue weighted by atomic mass is 9.92. The van der Waals surface area contributed by atoms with Crippen molar-refractivity contribution in [1.82, 2.24) is 0 Å². The van der Waals surface area contributed by atoms with Crippen LogP contribution in [0.3, 0.4) is 0 Å². The number of nitrogens with two attached hydrogens (primary N) is 1. The molecule has 28 heavy (non-hydrogen) atoms. The van der Waals surface area contributed by atoms with Gasteiger partial charge in [0, 0.05) is 16.5 Å². The van der Waals surface area contributed by atoms with Gasteiger partial charge in [0.2, 0.25) is 0 Å². The summed E-state index contributed by atoms with van der Waals surface area (Å²) in [4.78, 5) is 9.00. The summed E-state index contributed by atoms with van der Waals surface area (Å²) in [6.07, 6.45) is 0.418. The third kappa shape index (κ3) is 4.06. The molecule has 0 saturated heterocycles. The maximum absolute atomic E-state index is 9.56. The van der Waals surface area contributed by atoms with Gasteiger partial charge < -0.3 is 15.2 Å². The maximum atomic E-state index is 9.56. The first-order valence-electron chi connectivity index (χ1n) is 8.43. The highest BCUT2D eigenvalue weighted by molar-refractivity contribution is 6.35. The van der Waals surface area contributed by atoms with E-state index in [0.717, 1.165) is 5.56 Å². The van der Waals surface area contributed by atoms with Crippen molar-refractivity contribution in [3.05, 3.63) is 57.6 Å². The third-order valence-corrected chi connectivity index (χ3v) is 4.97. The minimum atomic E-state index is -0.701. The van der Waals surface area contributed by atoms with Crippen LogP contribution in [0, 0.1) is 17.2 Å². The molecule has 0 fully saturated rings. The number of hydrogen-bond donors (Lipinski definition) is 1. The number of nitrogens with zero attached hydrogens (tertiary/aromatic N) is 3. The molecule has 0 radical (unpaired) electrons. The molecule has 144 valence electrons. The highest BCUT2D eigenvalue weighted by atomic mass is 35.5. The predicted molar refractivity (Wildman–Crippen MR) is 111 cm³/mol. The average Bonchev–Trinajstić information content (AvgIpc) is 2.67. The molecular formula is C20H18Cl2N4O2. The highest BCUT2D eigenvalue weighted by Gasteiger charge is 2.31. The molecule has 2 atom stereocenters. The first-order chi connectivity index (χ1) is 13.5. The summed E-state index contributed by atoms with van der Waals surface area (Å²) < 4.78 is 10.6. The van der Waals surface area contributed by atoms with E-state index >= 15 is 0 Å². The lowest BCUT2D eigenvalue weighted by Gasteiger charge is -2.24. The first kappa shape index (κ1) is 20.0. The number of nitriles is 1. The van der Waals surface area contributed by atoms with Crippen LogP contribution in [0.15, 0.2) is 46.4 Å². The Labute approximate surface area is 173 Å². The summed E-state index contributed by atoms with van der Waals surface area (Å²) in [7, 11) is 3.15. The number of ether oxygens (including phenoxy) is 2. The van der Waals surface area contributed by atoms with Crippen LogP contribution < -0.4 is 15.2 Å². The average molecular weight is 417 g/mol. The molecule has 2 aromatic rings. The molecule has 1 aliphatic rings. The van der Waals surface area contributed by atoms with Crippen molar-refractivity contribution in [2.24, 2.45) is 21.6 Å². The molecule has 3 rings (SSSR count). The van der Waals surface area contributed by atoms with Gasteiger partial charge in [0.25, 0.3) is 0 Å². The predicted octanol–water partition coefficient (Wildman–Crippen LogP) is 4.20. The van der Waals surface area contributed by atoms with Gasteiger partial charge in [-0.15, -0.1) is 0 Å².